The number of piperazine rings is 1. The Balaban J connectivity index is 1.81. The molecule has 1 unspecified atom stereocenters. The highest BCUT2D eigenvalue weighted by Crippen LogP contribution is 2.01. The van der Waals surface area contributed by atoms with Crippen LogP contribution >= 0.6 is 0 Å². The summed E-state index contributed by atoms with van der Waals surface area (Å²) in [5.74, 6) is 0. The molecule has 84 valence electrons. The summed E-state index contributed by atoms with van der Waals surface area (Å²) in [5, 5.41) is 7.56. The molecule has 1 saturated heterocycles. The fraction of sp³-hybridized carbons (Fsp3) is 0.700. The minimum absolute atomic E-state index is 0.481. The van der Waals surface area contributed by atoms with E-state index >= 15 is 0 Å². The first-order valence-electron chi connectivity index (χ1n) is 5.52. The van der Waals surface area contributed by atoms with Gasteiger partial charge in [0, 0.05) is 51.2 Å². The third kappa shape index (κ3) is 2.77. The van der Waals surface area contributed by atoms with Crippen LogP contribution in [0.1, 0.15) is 0 Å². The molecular formula is C10H19N5. The zero-order chi connectivity index (χ0) is 10.5. The first-order chi connectivity index (χ1) is 7.40. The van der Waals surface area contributed by atoms with Crippen LogP contribution in [0, 0.1) is 0 Å². The van der Waals surface area contributed by atoms with Gasteiger partial charge in [0.2, 0.25) is 0 Å². The lowest BCUT2D eigenvalue weighted by Crippen LogP contribution is -2.55. The number of hydrogen-bond acceptors (Lipinski definition) is 4. The van der Waals surface area contributed by atoms with Crippen molar-refractivity contribution in [1.29, 1.82) is 0 Å². The van der Waals surface area contributed by atoms with Crippen molar-refractivity contribution in [3.8, 4) is 0 Å². The van der Waals surface area contributed by atoms with Gasteiger partial charge in [-0.2, -0.15) is 5.10 Å². The molecule has 0 spiro atoms. The molecule has 5 heteroatoms. The van der Waals surface area contributed by atoms with Crippen LogP contribution in [0.4, 0.5) is 0 Å². The largest absolute Gasteiger partial charge is 0.329 e. The number of nitrogens with one attached hydrogen (secondary N) is 1. The Morgan fingerprint density at radius 2 is 2.40 bits per heavy atom. The van der Waals surface area contributed by atoms with Gasteiger partial charge in [-0.1, -0.05) is 0 Å². The second-order valence-electron chi connectivity index (χ2n) is 3.90. The van der Waals surface area contributed by atoms with Crippen molar-refractivity contribution in [2.45, 2.75) is 12.6 Å². The normalized spacial score (nSPS) is 23.1. The fourth-order valence-electron chi connectivity index (χ4n) is 1.99. The highest BCUT2D eigenvalue weighted by molar-refractivity contribution is 4.82. The quantitative estimate of drug-likeness (QED) is 0.676. The summed E-state index contributed by atoms with van der Waals surface area (Å²) in [5.41, 5.74) is 5.74. The van der Waals surface area contributed by atoms with E-state index in [4.69, 9.17) is 5.73 Å². The van der Waals surface area contributed by atoms with Crippen LogP contribution in [0.2, 0.25) is 0 Å². The lowest BCUT2D eigenvalue weighted by molar-refractivity contribution is 0.158. The molecule has 1 aliphatic rings. The van der Waals surface area contributed by atoms with E-state index in [0.29, 0.717) is 6.04 Å². The molecule has 1 fully saturated rings. The van der Waals surface area contributed by atoms with Gasteiger partial charge < -0.3 is 11.1 Å². The molecule has 0 saturated carbocycles. The summed E-state index contributed by atoms with van der Waals surface area (Å²) in [6.45, 7) is 5.87. The van der Waals surface area contributed by atoms with E-state index < -0.39 is 0 Å². The maximum atomic E-state index is 5.74. The second-order valence-corrected chi connectivity index (χ2v) is 3.90. The predicted molar refractivity (Wildman–Crippen MR) is 59.5 cm³/mol. The molecule has 15 heavy (non-hydrogen) atoms. The number of nitrogens with two attached hydrogens (primary N) is 1. The van der Waals surface area contributed by atoms with E-state index in [0.717, 1.165) is 39.3 Å². The van der Waals surface area contributed by atoms with Crippen LogP contribution in [0.5, 0.6) is 0 Å². The SMILES string of the molecule is NCC1CNCCN1CCn1cccn1. The first-order valence-corrected chi connectivity index (χ1v) is 5.52. The van der Waals surface area contributed by atoms with E-state index in [1.807, 2.05) is 23.1 Å². The Morgan fingerprint density at radius 3 is 3.13 bits per heavy atom. The fourth-order valence-corrected chi connectivity index (χ4v) is 1.99. The van der Waals surface area contributed by atoms with Crippen LogP contribution in [0.3, 0.4) is 0 Å². The smallest absolute Gasteiger partial charge is 0.0536 e. The molecule has 2 rings (SSSR count). The maximum absolute atomic E-state index is 5.74. The van der Waals surface area contributed by atoms with Crippen LogP contribution in [-0.2, 0) is 6.54 Å². The Hall–Kier alpha value is -0.910. The van der Waals surface area contributed by atoms with Crippen molar-refractivity contribution >= 4 is 0 Å². The lowest BCUT2D eigenvalue weighted by atomic mass is 10.2. The maximum Gasteiger partial charge on any atom is 0.0536 e. The molecule has 1 aromatic heterocycles. The van der Waals surface area contributed by atoms with Crippen molar-refractivity contribution < 1.29 is 0 Å². The molecule has 5 nitrogen and oxygen atoms in total. The summed E-state index contributed by atoms with van der Waals surface area (Å²) in [4.78, 5) is 2.44. The molecule has 0 amide bonds. The Labute approximate surface area is 90.2 Å². The van der Waals surface area contributed by atoms with Gasteiger partial charge in [-0.15, -0.1) is 0 Å². The molecule has 2 heterocycles. The molecule has 1 atom stereocenters. The van der Waals surface area contributed by atoms with Crippen molar-refractivity contribution in [2.24, 2.45) is 5.73 Å². The third-order valence-corrected chi connectivity index (χ3v) is 2.92. The molecule has 1 aromatic rings. The Bertz CT molecular complexity index is 271. The number of nitrogens with zero attached hydrogens (tertiary/aromatic N) is 3. The number of hydrogen-bond donors (Lipinski definition) is 2. The summed E-state index contributed by atoms with van der Waals surface area (Å²) in [7, 11) is 0. The second kappa shape index (κ2) is 5.25. The van der Waals surface area contributed by atoms with Gasteiger partial charge >= 0.3 is 0 Å². The van der Waals surface area contributed by atoms with E-state index in [9.17, 15) is 0 Å². The van der Waals surface area contributed by atoms with E-state index in [1.54, 1.807) is 0 Å². The van der Waals surface area contributed by atoms with Gasteiger partial charge in [0.1, 0.15) is 0 Å². The van der Waals surface area contributed by atoms with Crippen molar-refractivity contribution in [2.75, 3.05) is 32.7 Å². The summed E-state index contributed by atoms with van der Waals surface area (Å²) >= 11 is 0. The summed E-state index contributed by atoms with van der Waals surface area (Å²) < 4.78 is 1.97. The van der Waals surface area contributed by atoms with Gasteiger partial charge in [-0.05, 0) is 6.07 Å². The minimum Gasteiger partial charge on any atom is -0.329 e. The van der Waals surface area contributed by atoms with Gasteiger partial charge in [0.25, 0.3) is 0 Å². The van der Waals surface area contributed by atoms with E-state index in [-0.39, 0.29) is 0 Å². The molecule has 0 aliphatic carbocycles. The molecule has 3 N–H and O–H groups in total. The van der Waals surface area contributed by atoms with Gasteiger partial charge in [0.05, 0.1) is 6.54 Å². The highest BCUT2D eigenvalue weighted by Gasteiger charge is 2.19. The molecule has 0 bridgehead atoms. The average molecular weight is 209 g/mol. The Kier molecular flexibility index (Phi) is 3.71. The molecule has 1 aliphatic heterocycles. The topological polar surface area (TPSA) is 59.1 Å². The molecular weight excluding hydrogens is 190 g/mol. The predicted octanol–water partition coefficient (Wildman–Crippen LogP) is -0.884. The van der Waals surface area contributed by atoms with Crippen molar-refractivity contribution in [3.63, 3.8) is 0 Å². The number of aromatic nitrogens is 2. The molecule has 0 radical (unpaired) electrons. The highest BCUT2D eigenvalue weighted by atomic mass is 15.3. The molecule has 0 aromatic carbocycles. The van der Waals surface area contributed by atoms with Crippen LogP contribution in [-0.4, -0.2) is 53.4 Å². The third-order valence-electron chi connectivity index (χ3n) is 2.92. The van der Waals surface area contributed by atoms with Crippen LogP contribution < -0.4 is 11.1 Å². The summed E-state index contributed by atoms with van der Waals surface area (Å²) in [6, 6.07) is 2.44. The van der Waals surface area contributed by atoms with Gasteiger partial charge in [-0.3, -0.25) is 9.58 Å². The zero-order valence-corrected chi connectivity index (χ0v) is 8.97. The Morgan fingerprint density at radius 1 is 1.47 bits per heavy atom. The number of rotatable bonds is 4. The van der Waals surface area contributed by atoms with Gasteiger partial charge in [-0.25, -0.2) is 0 Å². The van der Waals surface area contributed by atoms with E-state index in [1.165, 1.54) is 0 Å². The van der Waals surface area contributed by atoms with Gasteiger partial charge in [0.15, 0.2) is 0 Å². The monoisotopic (exact) mass is 209 g/mol. The standard InChI is InChI=1S/C10H19N5/c11-8-10-9-12-3-5-14(10)6-7-15-4-1-2-13-15/h1-2,4,10,12H,3,5-9,11H2. The zero-order valence-electron chi connectivity index (χ0n) is 8.97. The van der Waals surface area contributed by atoms with E-state index in [2.05, 4.69) is 15.3 Å². The first kappa shape index (κ1) is 10.6. The van der Waals surface area contributed by atoms with Crippen molar-refractivity contribution in [1.82, 2.24) is 20.0 Å². The van der Waals surface area contributed by atoms with Crippen molar-refractivity contribution in [3.05, 3.63) is 18.5 Å². The van der Waals surface area contributed by atoms with Crippen LogP contribution in [0.15, 0.2) is 18.5 Å². The average Bonchev–Trinajstić information content (AvgIpc) is 2.79. The lowest BCUT2D eigenvalue weighted by Gasteiger charge is -2.35. The van der Waals surface area contributed by atoms with Crippen LogP contribution in [0.25, 0.3) is 0 Å². The summed E-state index contributed by atoms with van der Waals surface area (Å²) in [6.07, 6.45) is 3.82. The minimum atomic E-state index is 0.481.